The van der Waals surface area contributed by atoms with Crippen LogP contribution in [0.3, 0.4) is 0 Å². The van der Waals surface area contributed by atoms with Gasteiger partial charge in [-0.25, -0.2) is 9.59 Å². The molecule has 0 bridgehead atoms. The van der Waals surface area contributed by atoms with E-state index < -0.39 is 18.1 Å². The average molecular weight is 427 g/mol. The summed E-state index contributed by atoms with van der Waals surface area (Å²) in [7, 11) is 0. The number of hydrogen-bond acceptors (Lipinski definition) is 4. The molecule has 160 valence electrons. The maximum Gasteiger partial charge on any atom is 0.407 e. The number of nitrogens with one attached hydrogen (secondary N) is 2. The molecule has 1 atom stereocenters. The second kappa shape index (κ2) is 8.19. The summed E-state index contributed by atoms with van der Waals surface area (Å²) in [4.78, 5) is 31.4. The van der Waals surface area contributed by atoms with Crippen LogP contribution >= 0.6 is 0 Å². The van der Waals surface area contributed by atoms with Gasteiger partial charge in [-0.1, -0.05) is 48.5 Å². The molecule has 1 aliphatic rings. The van der Waals surface area contributed by atoms with Crippen LogP contribution in [-0.2, 0) is 16.0 Å². The molecule has 7 heteroatoms. The third-order valence-electron chi connectivity index (χ3n) is 5.93. The lowest BCUT2D eigenvalue weighted by Gasteiger charge is -2.17. The Morgan fingerprint density at radius 1 is 1.06 bits per heavy atom. The van der Waals surface area contributed by atoms with Gasteiger partial charge in [-0.05, 0) is 33.9 Å². The van der Waals surface area contributed by atoms with Crippen LogP contribution in [-0.4, -0.2) is 39.8 Å². The summed E-state index contributed by atoms with van der Waals surface area (Å²) in [6.07, 6.45) is 4.44. The minimum absolute atomic E-state index is 0.0856. The van der Waals surface area contributed by atoms with Crippen molar-refractivity contribution in [1.82, 2.24) is 15.3 Å². The maximum absolute atomic E-state index is 12.5. The number of ether oxygens (including phenoxy) is 1. The Hall–Kier alpha value is -4.13. The number of carboxylic acid groups (broad SMARTS) is 1. The summed E-state index contributed by atoms with van der Waals surface area (Å²) >= 11 is 0. The third kappa shape index (κ3) is 3.58. The molecule has 2 aromatic carbocycles. The zero-order chi connectivity index (χ0) is 22.1. The molecule has 2 heterocycles. The number of aliphatic carboxylic acids is 1. The van der Waals surface area contributed by atoms with Gasteiger partial charge < -0.3 is 20.1 Å². The number of fused-ring (bicyclic) bond motifs is 4. The molecule has 1 aliphatic carbocycles. The smallest absolute Gasteiger partial charge is 0.407 e. The number of hydrogen-bond donors (Lipinski definition) is 3. The molecule has 2 aromatic heterocycles. The average Bonchev–Trinajstić information content (AvgIpc) is 3.36. The quantitative estimate of drug-likeness (QED) is 0.430. The topological polar surface area (TPSA) is 104 Å². The van der Waals surface area contributed by atoms with Crippen molar-refractivity contribution in [1.29, 1.82) is 0 Å². The number of H-pyrrole nitrogens is 1. The summed E-state index contributed by atoms with van der Waals surface area (Å²) in [5.41, 5.74) is 6.07. The highest BCUT2D eigenvalue weighted by Gasteiger charge is 2.30. The number of pyridine rings is 1. The van der Waals surface area contributed by atoms with Gasteiger partial charge in [-0.3, -0.25) is 4.98 Å². The molecule has 0 radical (unpaired) electrons. The first-order chi connectivity index (χ1) is 15.6. The summed E-state index contributed by atoms with van der Waals surface area (Å²) in [6.45, 7) is 0.130. The molecule has 1 unspecified atom stereocenters. The zero-order valence-electron chi connectivity index (χ0n) is 17.1. The van der Waals surface area contributed by atoms with Crippen LogP contribution in [0.5, 0.6) is 0 Å². The minimum atomic E-state index is -1.12. The van der Waals surface area contributed by atoms with Crippen molar-refractivity contribution in [2.45, 2.75) is 18.4 Å². The molecule has 1 amide bonds. The highest BCUT2D eigenvalue weighted by molar-refractivity contribution is 5.85. The fraction of sp³-hybridized carbons (Fsp3) is 0.160. The van der Waals surface area contributed by atoms with Gasteiger partial charge in [-0.2, -0.15) is 0 Å². The van der Waals surface area contributed by atoms with Crippen molar-refractivity contribution < 1.29 is 19.4 Å². The van der Waals surface area contributed by atoms with E-state index in [0.29, 0.717) is 0 Å². The lowest BCUT2D eigenvalue weighted by molar-refractivity contribution is -0.139. The van der Waals surface area contributed by atoms with Crippen LogP contribution in [0.4, 0.5) is 4.79 Å². The van der Waals surface area contributed by atoms with Gasteiger partial charge in [0.1, 0.15) is 12.6 Å². The normalized spacial score (nSPS) is 13.4. The van der Waals surface area contributed by atoms with Gasteiger partial charge in [0.25, 0.3) is 0 Å². The second-order valence-electron chi connectivity index (χ2n) is 7.80. The second-order valence-corrected chi connectivity index (χ2v) is 7.80. The van der Waals surface area contributed by atoms with E-state index in [1.54, 1.807) is 18.6 Å². The molecule has 0 fully saturated rings. The molecule has 0 saturated carbocycles. The molecule has 0 aliphatic heterocycles. The molecule has 32 heavy (non-hydrogen) atoms. The fourth-order valence-corrected chi connectivity index (χ4v) is 4.40. The van der Waals surface area contributed by atoms with E-state index >= 15 is 0 Å². The van der Waals surface area contributed by atoms with E-state index in [4.69, 9.17) is 4.74 Å². The highest BCUT2D eigenvalue weighted by atomic mass is 16.5. The van der Waals surface area contributed by atoms with E-state index in [1.807, 2.05) is 42.5 Å². The molecular formula is C25H21N3O4. The third-order valence-corrected chi connectivity index (χ3v) is 5.93. The Balaban J connectivity index is 1.28. The number of aromatic nitrogens is 2. The number of benzene rings is 2. The molecule has 5 rings (SSSR count). The number of rotatable bonds is 6. The van der Waals surface area contributed by atoms with Crippen molar-refractivity contribution in [3.05, 3.63) is 89.9 Å². The van der Waals surface area contributed by atoms with Crippen LogP contribution in [0, 0.1) is 0 Å². The van der Waals surface area contributed by atoms with E-state index in [0.717, 1.165) is 38.7 Å². The van der Waals surface area contributed by atoms with Gasteiger partial charge in [-0.15, -0.1) is 0 Å². The van der Waals surface area contributed by atoms with Crippen molar-refractivity contribution >= 4 is 23.0 Å². The van der Waals surface area contributed by atoms with E-state index in [-0.39, 0.29) is 18.9 Å². The molecule has 7 nitrogen and oxygen atoms in total. The fourth-order valence-electron chi connectivity index (χ4n) is 4.40. The Labute approximate surface area is 184 Å². The van der Waals surface area contributed by atoms with Crippen LogP contribution in [0.2, 0.25) is 0 Å². The Morgan fingerprint density at radius 3 is 2.44 bits per heavy atom. The molecule has 0 saturated heterocycles. The van der Waals surface area contributed by atoms with Crippen molar-refractivity contribution in [3.63, 3.8) is 0 Å². The number of alkyl carbamates (subject to hydrolysis) is 1. The largest absolute Gasteiger partial charge is 0.480 e. The Morgan fingerprint density at radius 2 is 1.75 bits per heavy atom. The molecule has 0 spiro atoms. The van der Waals surface area contributed by atoms with E-state index in [1.165, 1.54) is 0 Å². The maximum atomic E-state index is 12.5. The van der Waals surface area contributed by atoms with Gasteiger partial charge in [0.15, 0.2) is 0 Å². The summed E-state index contributed by atoms with van der Waals surface area (Å²) < 4.78 is 5.50. The van der Waals surface area contributed by atoms with Crippen LogP contribution in [0.1, 0.15) is 22.6 Å². The lowest BCUT2D eigenvalue weighted by atomic mass is 9.98. The van der Waals surface area contributed by atoms with Gasteiger partial charge in [0, 0.05) is 30.1 Å². The van der Waals surface area contributed by atoms with Crippen LogP contribution < -0.4 is 5.32 Å². The predicted octanol–water partition coefficient (Wildman–Crippen LogP) is 4.10. The van der Waals surface area contributed by atoms with Gasteiger partial charge in [0.05, 0.1) is 11.7 Å². The number of nitrogens with zero attached hydrogens (tertiary/aromatic N) is 1. The lowest BCUT2D eigenvalue weighted by Crippen LogP contribution is -2.42. The summed E-state index contributed by atoms with van der Waals surface area (Å²) in [5.74, 6) is -1.21. The number of carbonyl (C=O) groups is 2. The van der Waals surface area contributed by atoms with Crippen molar-refractivity contribution in [2.75, 3.05) is 6.61 Å². The summed E-state index contributed by atoms with van der Waals surface area (Å²) in [5, 5.41) is 13.0. The van der Waals surface area contributed by atoms with Crippen molar-refractivity contribution in [2.24, 2.45) is 0 Å². The van der Waals surface area contributed by atoms with Gasteiger partial charge in [0.2, 0.25) is 0 Å². The minimum Gasteiger partial charge on any atom is -0.480 e. The zero-order valence-corrected chi connectivity index (χ0v) is 17.1. The van der Waals surface area contributed by atoms with Gasteiger partial charge >= 0.3 is 12.1 Å². The SMILES string of the molecule is O=C(NC(Cc1c[nH]c2cnccc12)C(=O)O)OCC1c2ccccc2-c2ccccc21. The van der Waals surface area contributed by atoms with Crippen LogP contribution in [0.25, 0.3) is 22.0 Å². The Kier molecular flexibility index (Phi) is 5.07. The van der Waals surface area contributed by atoms with Crippen LogP contribution in [0.15, 0.2) is 73.2 Å². The molecular weight excluding hydrogens is 406 g/mol. The molecule has 4 aromatic rings. The highest BCUT2D eigenvalue weighted by Crippen LogP contribution is 2.44. The number of amides is 1. The summed E-state index contributed by atoms with van der Waals surface area (Å²) in [6, 6.07) is 16.8. The monoisotopic (exact) mass is 427 g/mol. The number of carbonyl (C=O) groups excluding carboxylic acids is 1. The predicted molar refractivity (Wildman–Crippen MR) is 119 cm³/mol. The first-order valence-corrected chi connectivity index (χ1v) is 10.4. The molecule has 3 N–H and O–H groups in total. The number of carboxylic acids is 1. The Bertz CT molecular complexity index is 1270. The first kappa shape index (κ1) is 19.8. The van der Waals surface area contributed by atoms with E-state index in [2.05, 4.69) is 27.4 Å². The number of aromatic amines is 1. The first-order valence-electron chi connectivity index (χ1n) is 10.4. The standard InChI is InChI=1S/C25H21N3O4/c29-24(30)22(11-15-12-27-23-13-26-10-9-16(15)23)28-25(31)32-14-21-19-7-3-1-5-17(19)18-6-2-4-8-20(18)21/h1-10,12-13,21-22,27H,11,14H2,(H,28,31)(H,29,30). The van der Waals surface area contributed by atoms with Crippen molar-refractivity contribution in [3.8, 4) is 11.1 Å². The van der Waals surface area contributed by atoms with E-state index in [9.17, 15) is 14.7 Å².